The molecule has 2 unspecified atom stereocenters. The number of halogens is 1. The lowest BCUT2D eigenvalue weighted by Crippen LogP contribution is -2.47. The van der Waals surface area contributed by atoms with Crippen LogP contribution in [0.4, 0.5) is 5.69 Å². The second-order valence-corrected chi connectivity index (χ2v) is 8.03. The van der Waals surface area contributed by atoms with E-state index in [0.717, 1.165) is 34.4 Å². The molecule has 4 heteroatoms. The lowest BCUT2D eigenvalue weighted by atomic mass is 9.81. The largest absolute Gasteiger partial charge is 0.384 e. The number of piperidine rings is 2. The van der Waals surface area contributed by atoms with Crippen molar-refractivity contribution in [2.45, 2.75) is 51.0 Å². The molecule has 0 amide bonds. The third-order valence-electron chi connectivity index (χ3n) is 6.00. The molecule has 0 radical (unpaired) electrons. The van der Waals surface area contributed by atoms with Crippen LogP contribution in [0.25, 0.3) is 10.9 Å². The van der Waals surface area contributed by atoms with Gasteiger partial charge < -0.3 is 10.2 Å². The molecule has 4 rings (SSSR count). The maximum Gasteiger partial charge on any atom is 0.0737 e. The number of nitrogens with zero attached hydrogens (tertiary/aromatic N) is 2. The van der Waals surface area contributed by atoms with Crippen molar-refractivity contribution in [1.29, 1.82) is 0 Å². The fourth-order valence-corrected chi connectivity index (χ4v) is 4.94. The summed E-state index contributed by atoms with van der Waals surface area (Å²) in [6.07, 6.45) is 11.5. The summed E-state index contributed by atoms with van der Waals surface area (Å²) in [5.41, 5.74) is 2.13. The Bertz CT molecular complexity index is 715. The topological polar surface area (TPSA) is 28.2 Å². The van der Waals surface area contributed by atoms with Gasteiger partial charge in [0.2, 0.25) is 0 Å². The molecule has 3 nitrogen and oxygen atoms in total. The predicted octanol–water partition coefficient (Wildman–Crippen LogP) is 5.34. The third kappa shape index (κ3) is 3.93. The number of hydrogen-bond acceptors (Lipinski definition) is 3. The van der Waals surface area contributed by atoms with Gasteiger partial charge in [-0.05, 0) is 81.8 Å². The molecule has 1 aromatic heterocycles. The summed E-state index contributed by atoms with van der Waals surface area (Å²) in [6, 6.07) is 8.87. The van der Waals surface area contributed by atoms with E-state index in [0.29, 0.717) is 0 Å². The molecular formula is C21H28ClN3. The summed E-state index contributed by atoms with van der Waals surface area (Å²) in [5, 5.41) is 5.52. The van der Waals surface area contributed by atoms with Gasteiger partial charge in [-0.3, -0.25) is 4.98 Å². The molecule has 2 atom stereocenters. The van der Waals surface area contributed by atoms with E-state index in [4.69, 9.17) is 11.6 Å². The maximum absolute atomic E-state index is 6.08. The molecule has 0 aliphatic carbocycles. The molecule has 2 fully saturated rings. The number of anilines is 1. The van der Waals surface area contributed by atoms with Crippen molar-refractivity contribution in [2.75, 3.05) is 25.0 Å². The highest BCUT2D eigenvalue weighted by Gasteiger charge is 2.32. The molecule has 0 spiro atoms. The fourth-order valence-electron chi connectivity index (χ4n) is 4.78. The van der Waals surface area contributed by atoms with Crippen LogP contribution < -0.4 is 5.32 Å². The molecule has 2 aromatic rings. The third-order valence-corrected chi connectivity index (χ3v) is 6.24. The van der Waals surface area contributed by atoms with Crippen molar-refractivity contribution in [3.8, 4) is 0 Å². The Morgan fingerprint density at radius 1 is 1.12 bits per heavy atom. The van der Waals surface area contributed by atoms with E-state index in [9.17, 15) is 0 Å². The standard InChI is InChI=1S/C21H28ClN3/c22-17-8-9-18-19(10-12-24-20(18)15-17)23-11-3-5-16-6-4-14-25-13-2-1-7-21(16)25/h8-10,12,15-16,21H,1-7,11,13-14H2,(H,23,24). The quantitative estimate of drug-likeness (QED) is 0.731. The van der Waals surface area contributed by atoms with E-state index in [2.05, 4.69) is 27.3 Å². The Hall–Kier alpha value is -1.32. The molecule has 25 heavy (non-hydrogen) atoms. The number of fused-ring (bicyclic) bond motifs is 2. The number of pyridine rings is 1. The number of hydrogen-bond donors (Lipinski definition) is 1. The highest BCUT2D eigenvalue weighted by Crippen LogP contribution is 2.33. The Balaban J connectivity index is 1.32. The molecule has 2 aliphatic heterocycles. The molecule has 1 N–H and O–H groups in total. The van der Waals surface area contributed by atoms with Crippen molar-refractivity contribution in [2.24, 2.45) is 5.92 Å². The van der Waals surface area contributed by atoms with Gasteiger partial charge in [0, 0.05) is 34.9 Å². The molecule has 2 aliphatic rings. The normalized spacial score (nSPS) is 24.2. The molecule has 1 aromatic carbocycles. The van der Waals surface area contributed by atoms with E-state index in [1.165, 1.54) is 63.7 Å². The summed E-state index contributed by atoms with van der Waals surface area (Å²) in [4.78, 5) is 7.19. The summed E-state index contributed by atoms with van der Waals surface area (Å²) in [5.74, 6) is 0.906. The molecular weight excluding hydrogens is 330 g/mol. The minimum absolute atomic E-state index is 0.742. The van der Waals surface area contributed by atoms with E-state index < -0.39 is 0 Å². The van der Waals surface area contributed by atoms with Crippen molar-refractivity contribution < 1.29 is 0 Å². The van der Waals surface area contributed by atoms with Gasteiger partial charge >= 0.3 is 0 Å². The number of benzene rings is 1. The van der Waals surface area contributed by atoms with Gasteiger partial charge in [-0.1, -0.05) is 18.0 Å². The lowest BCUT2D eigenvalue weighted by Gasteiger charge is -2.44. The van der Waals surface area contributed by atoms with Gasteiger partial charge in [0.15, 0.2) is 0 Å². The van der Waals surface area contributed by atoms with Gasteiger partial charge in [-0.2, -0.15) is 0 Å². The van der Waals surface area contributed by atoms with E-state index in [1.54, 1.807) is 0 Å². The zero-order valence-electron chi connectivity index (χ0n) is 14.9. The second kappa shape index (κ2) is 7.92. The minimum atomic E-state index is 0.742. The van der Waals surface area contributed by atoms with Gasteiger partial charge in [0.25, 0.3) is 0 Å². The van der Waals surface area contributed by atoms with Gasteiger partial charge in [0.1, 0.15) is 0 Å². The highest BCUT2D eigenvalue weighted by atomic mass is 35.5. The van der Waals surface area contributed by atoms with Crippen molar-refractivity contribution in [1.82, 2.24) is 9.88 Å². The Morgan fingerprint density at radius 2 is 2.04 bits per heavy atom. The van der Waals surface area contributed by atoms with E-state index >= 15 is 0 Å². The predicted molar refractivity (Wildman–Crippen MR) is 106 cm³/mol. The summed E-state index contributed by atoms with van der Waals surface area (Å²) >= 11 is 6.08. The van der Waals surface area contributed by atoms with Gasteiger partial charge in [0.05, 0.1) is 5.52 Å². The molecule has 0 saturated carbocycles. The first-order valence-corrected chi connectivity index (χ1v) is 10.2. The van der Waals surface area contributed by atoms with E-state index in [-0.39, 0.29) is 0 Å². The van der Waals surface area contributed by atoms with Crippen LogP contribution in [0, 0.1) is 5.92 Å². The summed E-state index contributed by atoms with van der Waals surface area (Å²) in [6.45, 7) is 3.71. The average Bonchev–Trinajstić information content (AvgIpc) is 2.65. The van der Waals surface area contributed by atoms with Crippen LogP contribution >= 0.6 is 11.6 Å². The fraction of sp³-hybridized carbons (Fsp3) is 0.571. The Morgan fingerprint density at radius 3 is 3.00 bits per heavy atom. The van der Waals surface area contributed by atoms with Crippen LogP contribution in [-0.2, 0) is 0 Å². The van der Waals surface area contributed by atoms with Crippen molar-refractivity contribution in [3.05, 3.63) is 35.5 Å². The summed E-state index contributed by atoms with van der Waals surface area (Å²) in [7, 11) is 0. The molecule has 0 bridgehead atoms. The number of rotatable bonds is 5. The Kier molecular flexibility index (Phi) is 5.42. The first kappa shape index (κ1) is 17.1. The van der Waals surface area contributed by atoms with Gasteiger partial charge in [-0.15, -0.1) is 0 Å². The highest BCUT2D eigenvalue weighted by molar-refractivity contribution is 6.31. The first-order chi connectivity index (χ1) is 12.3. The second-order valence-electron chi connectivity index (χ2n) is 7.59. The van der Waals surface area contributed by atoms with Crippen molar-refractivity contribution >= 4 is 28.2 Å². The smallest absolute Gasteiger partial charge is 0.0737 e. The minimum Gasteiger partial charge on any atom is -0.384 e. The number of aromatic nitrogens is 1. The average molecular weight is 358 g/mol. The Labute approximate surface area is 155 Å². The summed E-state index contributed by atoms with van der Waals surface area (Å²) < 4.78 is 0. The van der Waals surface area contributed by atoms with Crippen LogP contribution in [0.15, 0.2) is 30.5 Å². The maximum atomic E-state index is 6.08. The van der Waals surface area contributed by atoms with Crippen molar-refractivity contribution in [3.63, 3.8) is 0 Å². The molecule has 3 heterocycles. The van der Waals surface area contributed by atoms with Crippen LogP contribution in [-0.4, -0.2) is 35.6 Å². The van der Waals surface area contributed by atoms with Crippen LogP contribution in [0.2, 0.25) is 5.02 Å². The zero-order chi connectivity index (χ0) is 17.1. The lowest BCUT2D eigenvalue weighted by molar-refractivity contribution is 0.0553. The zero-order valence-corrected chi connectivity index (χ0v) is 15.6. The van der Waals surface area contributed by atoms with Crippen LogP contribution in [0.3, 0.4) is 0 Å². The monoisotopic (exact) mass is 357 g/mol. The first-order valence-electron chi connectivity index (χ1n) is 9.83. The van der Waals surface area contributed by atoms with Crippen LogP contribution in [0.5, 0.6) is 0 Å². The molecule has 134 valence electrons. The van der Waals surface area contributed by atoms with E-state index in [1.807, 2.05) is 18.3 Å². The number of nitrogens with one attached hydrogen (secondary N) is 1. The van der Waals surface area contributed by atoms with Gasteiger partial charge in [-0.25, -0.2) is 0 Å². The van der Waals surface area contributed by atoms with Crippen LogP contribution in [0.1, 0.15) is 44.9 Å². The SMILES string of the molecule is Clc1ccc2c(NCCCC3CCCN4CCCCC34)ccnc2c1. The molecule has 2 saturated heterocycles.